The van der Waals surface area contributed by atoms with E-state index in [9.17, 15) is 4.79 Å². The summed E-state index contributed by atoms with van der Waals surface area (Å²) in [4.78, 5) is 10.6. The van der Waals surface area contributed by atoms with Crippen LogP contribution in [-0.2, 0) is 0 Å². The quantitative estimate of drug-likeness (QED) is 0.596. The molecule has 1 aromatic rings. The first-order valence-electron chi connectivity index (χ1n) is 3.16. The number of hydrogen-bond acceptors (Lipinski definition) is 4. The van der Waals surface area contributed by atoms with Crippen molar-refractivity contribution in [3.8, 4) is 0 Å². The molecule has 3 N–H and O–H groups in total. The van der Waals surface area contributed by atoms with Crippen LogP contribution in [0.15, 0.2) is 6.07 Å². The molecule has 0 atom stereocenters. The fraction of sp³-hybridized carbons (Fsp3) is 0.167. The van der Waals surface area contributed by atoms with Crippen molar-refractivity contribution in [2.75, 3.05) is 12.4 Å². The molecule has 0 spiro atoms. The summed E-state index contributed by atoms with van der Waals surface area (Å²) >= 11 is 4.72. The molecule has 0 saturated carbocycles. The number of nitrogens with one attached hydrogen (secondary N) is 2. The van der Waals surface area contributed by atoms with Crippen LogP contribution in [-0.4, -0.2) is 28.3 Å². The van der Waals surface area contributed by atoms with E-state index in [-0.39, 0.29) is 11.4 Å². The van der Waals surface area contributed by atoms with Gasteiger partial charge in [-0.2, -0.15) is 5.10 Å². The molecule has 0 aliphatic heterocycles. The molecule has 0 bridgehead atoms. The van der Waals surface area contributed by atoms with Gasteiger partial charge in [0, 0.05) is 7.05 Å². The monoisotopic (exact) mass is 185 g/mol. The smallest absolute Gasteiger partial charge is 0.339 e. The topological polar surface area (TPSA) is 78.0 Å². The molecule has 0 aliphatic rings. The Morgan fingerprint density at radius 2 is 2.50 bits per heavy atom. The lowest BCUT2D eigenvalue weighted by atomic mass is 10.3. The molecule has 1 rings (SSSR count). The van der Waals surface area contributed by atoms with Gasteiger partial charge in [-0.15, -0.1) is 0 Å². The van der Waals surface area contributed by atoms with Crippen LogP contribution >= 0.6 is 12.2 Å². The van der Waals surface area contributed by atoms with Gasteiger partial charge in [0.2, 0.25) is 0 Å². The molecule has 0 fully saturated rings. The van der Waals surface area contributed by atoms with Gasteiger partial charge in [0.1, 0.15) is 10.2 Å². The third-order valence-corrected chi connectivity index (χ3v) is 1.48. The average molecular weight is 185 g/mol. The van der Waals surface area contributed by atoms with Crippen molar-refractivity contribution in [1.29, 1.82) is 0 Å². The van der Waals surface area contributed by atoms with E-state index in [4.69, 9.17) is 17.3 Å². The van der Waals surface area contributed by atoms with Crippen molar-refractivity contribution >= 4 is 24.0 Å². The molecule has 6 heteroatoms. The van der Waals surface area contributed by atoms with Crippen molar-refractivity contribution in [3.63, 3.8) is 0 Å². The summed E-state index contributed by atoms with van der Waals surface area (Å²) in [5.41, 5.74) is 0.0706. The second-order valence-electron chi connectivity index (χ2n) is 2.05. The van der Waals surface area contributed by atoms with Gasteiger partial charge in [-0.05, 0) is 6.07 Å². The van der Waals surface area contributed by atoms with Gasteiger partial charge in [0.15, 0.2) is 5.82 Å². The normalized spacial score (nSPS) is 9.42. The van der Waals surface area contributed by atoms with Gasteiger partial charge in [-0.3, -0.25) is 5.10 Å². The molecule has 12 heavy (non-hydrogen) atoms. The summed E-state index contributed by atoms with van der Waals surface area (Å²) in [5.74, 6) is -0.775. The number of carbonyl (C=O) groups is 1. The van der Waals surface area contributed by atoms with Crippen molar-refractivity contribution in [1.82, 2.24) is 10.2 Å². The number of carboxylic acid groups (broad SMARTS) is 1. The van der Waals surface area contributed by atoms with E-state index in [1.54, 1.807) is 7.05 Å². The van der Waals surface area contributed by atoms with Crippen LogP contribution in [0.25, 0.3) is 0 Å². The third kappa shape index (κ3) is 1.59. The van der Waals surface area contributed by atoms with Crippen LogP contribution in [0, 0.1) is 4.64 Å². The van der Waals surface area contributed by atoms with Crippen LogP contribution in [0.5, 0.6) is 0 Å². The predicted molar refractivity (Wildman–Crippen MR) is 45.9 cm³/mol. The summed E-state index contributed by atoms with van der Waals surface area (Å²) < 4.78 is 0.298. The standard InChI is InChI=1S/C6H7N3O2S/c1-7-5-3(6(10)11)2-4(12)8-9-5/h2H,1H3,(H,7,9)(H,8,12)(H,10,11). The molecule has 0 saturated heterocycles. The summed E-state index contributed by atoms with van der Waals surface area (Å²) in [6.07, 6.45) is 0. The Morgan fingerprint density at radius 1 is 1.83 bits per heavy atom. The van der Waals surface area contributed by atoms with Crippen LogP contribution < -0.4 is 5.32 Å². The fourth-order valence-electron chi connectivity index (χ4n) is 0.757. The molecule has 64 valence electrons. The minimum atomic E-state index is -1.05. The van der Waals surface area contributed by atoms with E-state index in [2.05, 4.69) is 15.5 Å². The van der Waals surface area contributed by atoms with Crippen LogP contribution in [0.1, 0.15) is 10.4 Å². The first kappa shape index (κ1) is 8.66. The lowest BCUT2D eigenvalue weighted by Crippen LogP contribution is -2.05. The number of anilines is 1. The molecule has 0 aliphatic carbocycles. The molecule has 0 amide bonds. The Hall–Kier alpha value is -1.43. The van der Waals surface area contributed by atoms with Gasteiger partial charge in [-0.1, -0.05) is 12.2 Å². The molecule has 0 unspecified atom stereocenters. The van der Waals surface area contributed by atoms with Gasteiger partial charge in [-0.25, -0.2) is 4.79 Å². The summed E-state index contributed by atoms with van der Waals surface area (Å²) in [6.45, 7) is 0. The maximum Gasteiger partial charge on any atom is 0.339 e. The highest BCUT2D eigenvalue weighted by atomic mass is 32.1. The zero-order chi connectivity index (χ0) is 9.14. The Bertz CT molecular complexity index is 360. The van der Waals surface area contributed by atoms with Gasteiger partial charge in [0.05, 0.1) is 0 Å². The number of hydrogen-bond donors (Lipinski definition) is 3. The summed E-state index contributed by atoms with van der Waals surface area (Å²) in [5, 5.41) is 17.5. The van der Waals surface area contributed by atoms with Crippen molar-refractivity contribution in [3.05, 3.63) is 16.3 Å². The lowest BCUT2D eigenvalue weighted by Gasteiger charge is -2.01. The highest BCUT2D eigenvalue weighted by Gasteiger charge is 2.09. The number of nitrogens with zero attached hydrogens (tertiary/aromatic N) is 1. The Kier molecular flexibility index (Phi) is 2.39. The average Bonchev–Trinajstić information content (AvgIpc) is 2.04. The Morgan fingerprint density at radius 3 is 3.00 bits per heavy atom. The summed E-state index contributed by atoms with van der Waals surface area (Å²) in [6, 6.07) is 1.34. The second-order valence-corrected chi connectivity index (χ2v) is 2.49. The molecule has 1 heterocycles. The van der Waals surface area contributed by atoms with Crippen LogP contribution in [0.4, 0.5) is 5.82 Å². The van der Waals surface area contributed by atoms with Gasteiger partial charge < -0.3 is 10.4 Å². The zero-order valence-corrected chi connectivity index (χ0v) is 7.10. The maximum absolute atomic E-state index is 10.6. The number of aromatic carboxylic acids is 1. The lowest BCUT2D eigenvalue weighted by molar-refractivity contribution is 0.0697. The molecular weight excluding hydrogens is 178 g/mol. The number of aromatic amines is 1. The molecule has 0 radical (unpaired) electrons. The van der Waals surface area contributed by atoms with Crippen molar-refractivity contribution in [2.45, 2.75) is 0 Å². The van der Waals surface area contributed by atoms with Crippen LogP contribution in [0.2, 0.25) is 0 Å². The minimum Gasteiger partial charge on any atom is -0.478 e. The van der Waals surface area contributed by atoms with Crippen molar-refractivity contribution < 1.29 is 9.90 Å². The number of H-pyrrole nitrogens is 1. The van der Waals surface area contributed by atoms with E-state index in [1.807, 2.05) is 0 Å². The number of rotatable bonds is 2. The maximum atomic E-state index is 10.6. The Balaban J connectivity index is 3.31. The first-order chi connectivity index (χ1) is 5.65. The van der Waals surface area contributed by atoms with Gasteiger partial charge >= 0.3 is 5.97 Å². The first-order valence-corrected chi connectivity index (χ1v) is 3.56. The van der Waals surface area contributed by atoms with Crippen molar-refractivity contribution in [2.24, 2.45) is 0 Å². The molecular formula is C6H7N3O2S. The highest BCUT2D eigenvalue weighted by molar-refractivity contribution is 7.71. The van der Waals surface area contributed by atoms with Gasteiger partial charge in [0.25, 0.3) is 0 Å². The second kappa shape index (κ2) is 3.31. The van der Waals surface area contributed by atoms with E-state index >= 15 is 0 Å². The molecule has 1 aromatic heterocycles. The third-order valence-electron chi connectivity index (χ3n) is 1.28. The summed E-state index contributed by atoms with van der Waals surface area (Å²) in [7, 11) is 1.59. The number of carboxylic acids is 1. The largest absolute Gasteiger partial charge is 0.478 e. The predicted octanol–water partition coefficient (Wildman–Crippen LogP) is 0.879. The SMILES string of the molecule is CNc1n[nH]c(=S)cc1C(=O)O. The zero-order valence-electron chi connectivity index (χ0n) is 6.29. The molecule has 5 nitrogen and oxygen atoms in total. The number of aromatic nitrogens is 2. The highest BCUT2D eigenvalue weighted by Crippen LogP contribution is 2.09. The Labute approximate surface area is 73.4 Å². The van der Waals surface area contributed by atoms with E-state index < -0.39 is 5.97 Å². The minimum absolute atomic E-state index is 0.0706. The fourth-order valence-corrected chi connectivity index (χ4v) is 0.920. The van der Waals surface area contributed by atoms with E-state index in [1.165, 1.54) is 6.07 Å². The van der Waals surface area contributed by atoms with Crippen LogP contribution in [0.3, 0.4) is 0 Å². The van der Waals surface area contributed by atoms with E-state index in [0.29, 0.717) is 4.64 Å². The molecule has 0 aromatic carbocycles. The van der Waals surface area contributed by atoms with E-state index in [0.717, 1.165) is 0 Å².